The van der Waals surface area contributed by atoms with Crippen molar-refractivity contribution in [3.63, 3.8) is 0 Å². The molecule has 2 fully saturated rings. The van der Waals surface area contributed by atoms with Crippen molar-refractivity contribution < 1.29 is 32.7 Å². The second-order valence-corrected chi connectivity index (χ2v) is 9.50. The second kappa shape index (κ2) is 8.48. The van der Waals surface area contributed by atoms with Gasteiger partial charge in [-0.15, -0.1) is 0 Å². The Bertz CT molecular complexity index is 967. The lowest BCUT2D eigenvalue weighted by atomic mass is 9.64. The molecule has 10 heteroatoms. The first kappa shape index (κ1) is 23.6. The molecular weight excluding hydrogens is 424 g/mol. The molecule has 3 rings (SSSR count). The standard InChI is InChI=1S/C22H27F2N3O5/c1-12-8-21(3,4)11-22(9-12)19(30)27(20(31)26-22)10-17(28)32-13(2)18(29)25-16-6-5-14(23)7-15(16)24/h5-7,12-13H,8-11H2,1-4H3,(H,25,29)(H,26,31). The highest BCUT2D eigenvalue weighted by Gasteiger charge is 2.56. The number of imide groups is 1. The van der Waals surface area contributed by atoms with Gasteiger partial charge in [0.15, 0.2) is 6.10 Å². The van der Waals surface area contributed by atoms with E-state index in [1.807, 2.05) is 20.8 Å². The zero-order valence-corrected chi connectivity index (χ0v) is 18.5. The molecule has 174 valence electrons. The van der Waals surface area contributed by atoms with Gasteiger partial charge < -0.3 is 15.4 Å². The molecule has 2 N–H and O–H groups in total. The summed E-state index contributed by atoms with van der Waals surface area (Å²) in [5.41, 5.74) is -1.48. The third kappa shape index (κ3) is 4.89. The maximum Gasteiger partial charge on any atom is 0.327 e. The Kier molecular flexibility index (Phi) is 6.26. The first-order valence-electron chi connectivity index (χ1n) is 10.4. The summed E-state index contributed by atoms with van der Waals surface area (Å²) in [5.74, 6) is -3.86. The molecule has 1 aliphatic heterocycles. The number of benzene rings is 1. The van der Waals surface area contributed by atoms with Gasteiger partial charge in [-0.25, -0.2) is 13.6 Å². The first-order valence-corrected chi connectivity index (χ1v) is 10.4. The fourth-order valence-corrected chi connectivity index (χ4v) is 4.89. The lowest BCUT2D eigenvalue weighted by molar-refractivity contribution is -0.155. The molecule has 32 heavy (non-hydrogen) atoms. The molecule has 8 nitrogen and oxygen atoms in total. The molecule has 1 aliphatic carbocycles. The molecule has 2 aliphatic rings. The summed E-state index contributed by atoms with van der Waals surface area (Å²) in [6, 6.07) is 1.93. The lowest BCUT2D eigenvalue weighted by Gasteiger charge is -2.43. The van der Waals surface area contributed by atoms with Crippen LogP contribution in [0.25, 0.3) is 0 Å². The number of carbonyl (C=O) groups excluding carboxylic acids is 4. The summed E-state index contributed by atoms with van der Waals surface area (Å²) in [6.07, 6.45) is 0.522. The minimum Gasteiger partial charge on any atom is -0.451 e. The van der Waals surface area contributed by atoms with E-state index in [9.17, 15) is 28.0 Å². The van der Waals surface area contributed by atoms with Crippen molar-refractivity contribution in [2.75, 3.05) is 11.9 Å². The first-order chi connectivity index (χ1) is 14.8. The van der Waals surface area contributed by atoms with Crippen molar-refractivity contribution in [3.8, 4) is 0 Å². The van der Waals surface area contributed by atoms with Crippen LogP contribution < -0.4 is 10.6 Å². The van der Waals surface area contributed by atoms with Crippen molar-refractivity contribution in [2.24, 2.45) is 11.3 Å². The van der Waals surface area contributed by atoms with E-state index in [0.29, 0.717) is 18.9 Å². The minimum atomic E-state index is -1.34. The molecule has 1 aromatic rings. The summed E-state index contributed by atoms with van der Waals surface area (Å²) in [4.78, 5) is 50.9. The predicted molar refractivity (Wildman–Crippen MR) is 110 cm³/mol. The summed E-state index contributed by atoms with van der Waals surface area (Å²) in [6.45, 7) is 6.69. The molecule has 4 amide bonds. The highest BCUT2D eigenvalue weighted by atomic mass is 19.1. The summed E-state index contributed by atoms with van der Waals surface area (Å²) < 4.78 is 31.7. The maximum absolute atomic E-state index is 13.7. The molecule has 1 spiro atoms. The summed E-state index contributed by atoms with van der Waals surface area (Å²) >= 11 is 0. The molecule has 1 aromatic carbocycles. The SMILES string of the molecule is CC1CC(C)(C)CC2(C1)NC(=O)N(CC(=O)OC(C)C(=O)Nc1ccc(F)cc1F)C2=O. The Morgan fingerprint density at radius 3 is 2.59 bits per heavy atom. The third-order valence-electron chi connectivity index (χ3n) is 5.78. The van der Waals surface area contributed by atoms with Gasteiger partial charge in [-0.2, -0.15) is 0 Å². The van der Waals surface area contributed by atoms with Gasteiger partial charge in [0.2, 0.25) is 0 Å². The Balaban J connectivity index is 1.61. The number of amides is 4. The van der Waals surface area contributed by atoms with Crippen LogP contribution in [0.3, 0.4) is 0 Å². The van der Waals surface area contributed by atoms with Gasteiger partial charge in [-0.1, -0.05) is 20.8 Å². The van der Waals surface area contributed by atoms with E-state index >= 15 is 0 Å². The number of nitrogens with zero attached hydrogens (tertiary/aromatic N) is 1. The molecule has 3 unspecified atom stereocenters. The highest BCUT2D eigenvalue weighted by molar-refractivity contribution is 6.09. The number of nitrogens with one attached hydrogen (secondary N) is 2. The van der Waals surface area contributed by atoms with Gasteiger partial charge in [0.25, 0.3) is 11.8 Å². The van der Waals surface area contributed by atoms with Gasteiger partial charge in [0.05, 0.1) is 5.69 Å². The Morgan fingerprint density at radius 1 is 1.28 bits per heavy atom. The predicted octanol–water partition coefficient (Wildman–Crippen LogP) is 2.97. The third-order valence-corrected chi connectivity index (χ3v) is 5.78. The van der Waals surface area contributed by atoms with E-state index in [1.165, 1.54) is 6.92 Å². The highest BCUT2D eigenvalue weighted by Crippen LogP contribution is 2.46. The summed E-state index contributed by atoms with van der Waals surface area (Å²) in [7, 11) is 0. The van der Waals surface area contributed by atoms with Crippen molar-refractivity contribution in [1.82, 2.24) is 10.2 Å². The number of carbonyl (C=O) groups is 4. The zero-order chi connectivity index (χ0) is 23.8. The number of hydrogen-bond donors (Lipinski definition) is 2. The number of hydrogen-bond acceptors (Lipinski definition) is 5. The van der Waals surface area contributed by atoms with Gasteiger partial charge in [-0.3, -0.25) is 19.3 Å². The van der Waals surface area contributed by atoms with Gasteiger partial charge >= 0.3 is 12.0 Å². The van der Waals surface area contributed by atoms with Crippen LogP contribution in [0, 0.1) is 23.0 Å². The average molecular weight is 451 g/mol. The molecule has 0 aromatic heterocycles. The fourth-order valence-electron chi connectivity index (χ4n) is 4.89. The lowest BCUT2D eigenvalue weighted by Crippen LogP contribution is -2.54. The number of urea groups is 1. The van der Waals surface area contributed by atoms with Crippen molar-refractivity contribution >= 4 is 29.5 Å². The average Bonchev–Trinajstić information content (AvgIpc) is 2.85. The second-order valence-electron chi connectivity index (χ2n) is 9.50. The van der Waals surface area contributed by atoms with E-state index in [0.717, 1.165) is 23.5 Å². The Morgan fingerprint density at radius 2 is 1.97 bits per heavy atom. The van der Waals surface area contributed by atoms with Crippen LogP contribution in [-0.4, -0.2) is 46.9 Å². The van der Waals surface area contributed by atoms with E-state index in [-0.39, 0.29) is 17.0 Å². The molecule has 1 heterocycles. The number of esters is 1. The normalized spacial score (nSPS) is 25.4. The van der Waals surface area contributed by atoms with Crippen LogP contribution >= 0.6 is 0 Å². The van der Waals surface area contributed by atoms with E-state index in [2.05, 4.69) is 10.6 Å². The van der Waals surface area contributed by atoms with Crippen LogP contribution in [-0.2, 0) is 19.1 Å². The summed E-state index contributed by atoms with van der Waals surface area (Å²) in [5, 5.41) is 4.95. The molecule has 1 saturated heterocycles. The topological polar surface area (TPSA) is 105 Å². The quantitative estimate of drug-likeness (QED) is 0.529. The van der Waals surface area contributed by atoms with Crippen LogP contribution in [0.2, 0.25) is 0 Å². The molecule has 0 bridgehead atoms. The van der Waals surface area contributed by atoms with E-state index < -0.39 is 53.6 Å². The molecule has 1 saturated carbocycles. The number of rotatable bonds is 5. The Labute approximate surface area is 184 Å². The van der Waals surface area contributed by atoms with Crippen molar-refractivity contribution in [3.05, 3.63) is 29.8 Å². The molecule has 3 atom stereocenters. The van der Waals surface area contributed by atoms with Gasteiger partial charge in [-0.05, 0) is 49.7 Å². The number of halogens is 2. The van der Waals surface area contributed by atoms with E-state index in [1.54, 1.807) is 0 Å². The van der Waals surface area contributed by atoms with Crippen LogP contribution in [0.1, 0.15) is 47.0 Å². The van der Waals surface area contributed by atoms with E-state index in [4.69, 9.17) is 4.74 Å². The van der Waals surface area contributed by atoms with Crippen LogP contribution in [0.15, 0.2) is 18.2 Å². The van der Waals surface area contributed by atoms with Crippen LogP contribution in [0.5, 0.6) is 0 Å². The number of ether oxygens (including phenoxy) is 1. The monoisotopic (exact) mass is 451 g/mol. The molecule has 0 radical (unpaired) electrons. The fraction of sp³-hybridized carbons (Fsp3) is 0.545. The van der Waals surface area contributed by atoms with Gasteiger partial charge in [0.1, 0.15) is 23.7 Å². The van der Waals surface area contributed by atoms with Crippen molar-refractivity contribution in [1.29, 1.82) is 0 Å². The van der Waals surface area contributed by atoms with Gasteiger partial charge in [0, 0.05) is 6.07 Å². The van der Waals surface area contributed by atoms with Crippen molar-refractivity contribution in [2.45, 2.75) is 58.6 Å². The molecular formula is C22H27F2N3O5. The smallest absolute Gasteiger partial charge is 0.327 e. The largest absolute Gasteiger partial charge is 0.451 e. The van der Waals surface area contributed by atoms with Crippen LogP contribution in [0.4, 0.5) is 19.3 Å². The maximum atomic E-state index is 13.7. The minimum absolute atomic E-state index is 0.153. The zero-order valence-electron chi connectivity index (χ0n) is 18.5. The number of anilines is 1. The Hall–Kier alpha value is -3.04.